The molecule has 2 aromatic rings. The topological polar surface area (TPSA) is 25.6 Å². The van der Waals surface area contributed by atoms with Crippen molar-refractivity contribution in [2.45, 2.75) is 12.5 Å². The van der Waals surface area contributed by atoms with Crippen LogP contribution in [0.1, 0.15) is 18.0 Å². The second-order valence-corrected chi connectivity index (χ2v) is 4.38. The lowest BCUT2D eigenvalue weighted by molar-refractivity contribution is 0.414. The molecule has 1 atom stereocenters. The number of rotatable bonds is 6. The van der Waals surface area contributed by atoms with Gasteiger partial charge in [-0.1, -0.05) is 18.2 Å². The zero-order valence-corrected chi connectivity index (χ0v) is 11.4. The summed E-state index contributed by atoms with van der Waals surface area (Å²) in [6.45, 7) is 3.84. The third-order valence-electron chi connectivity index (χ3n) is 3.21. The van der Waals surface area contributed by atoms with Crippen LogP contribution in [0.25, 0.3) is 0 Å². The minimum absolute atomic E-state index is 0.203. The average Bonchev–Trinajstić information content (AvgIpc) is 2.98. The lowest BCUT2D eigenvalue weighted by Gasteiger charge is -2.27. The molecule has 1 aromatic heterocycles. The van der Waals surface area contributed by atoms with Gasteiger partial charge in [0.05, 0.1) is 19.4 Å². The molecule has 2 rings (SSSR count). The summed E-state index contributed by atoms with van der Waals surface area (Å²) < 4.78 is 10.6. The summed E-state index contributed by atoms with van der Waals surface area (Å²) in [5.41, 5.74) is 1.21. The molecule has 100 valence electrons. The smallest absolute Gasteiger partial charge is 0.195 e. The summed E-state index contributed by atoms with van der Waals surface area (Å²) >= 11 is 0. The maximum Gasteiger partial charge on any atom is 0.195 e. The molecule has 0 aliphatic carbocycles. The Hall–Kier alpha value is -2.16. The quantitative estimate of drug-likeness (QED) is 0.730. The molecule has 1 unspecified atom stereocenters. The molecule has 1 aromatic carbocycles. The van der Waals surface area contributed by atoms with Gasteiger partial charge in [-0.2, -0.15) is 0 Å². The fraction of sp³-hybridized carbons (Fsp3) is 0.250. The van der Waals surface area contributed by atoms with Crippen molar-refractivity contribution in [3.05, 3.63) is 60.9 Å². The number of furan rings is 1. The molecule has 0 bridgehead atoms. The highest BCUT2D eigenvalue weighted by molar-refractivity contribution is 5.40. The van der Waals surface area contributed by atoms with Gasteiger partial charge in [-0.05, 0) is 30.2 Å². The largest absolute Gasteiger partial charge is 0.497 e. The van der Waals surface area contributed by atoms with Crippen molar-refractivity contribution >= 4 is 5.88 Å². The predicted molar refractivity (Wildman–Crippen MR) is 77.7 cm³/mol. The van der Waals surface area contributed by atoms with E-state index in [1.165, 1.54) is 5.56 Å². The van der Waals surface area contributed by atoms with Gasteiger partial charge in [-0.25, -0.2) is 0 Å². The number of ether oxygens (including phenoxy) is 1. The number of hydrogen-bond donors (Lipinski definition) is 0. The lowest BCUT2D eigenvalue weighted by atomic mass is 10.0. The second kappa shape index (κ2) is 6.14. The third kappa shape index (κ3) is 2.99. The van der Waals surface area contributed by atoms with Gasteiger partial charge >= 0.3 is 0 Å². The highest BCUT2D eigenvalue weighted by atomic mass is 16.5. The van der Waals surface area contributed by atoms with E-state index in [0.717, 1.165) is 18.1 Å². The van der Waals surface area contributed by atoms with Crippen molar-refractivity contribution in [2.24, 2.45) is 0 Å². The minimum atomic E-state index is 0.203. The highest BCUT2D eigenvalue weighted by Crippen LogP contribution is 2.29. The van der Waals surface area contributed by atoms with Gasteiger partial charge in [0.15, 0.2) is 5.88 Å². The van der Waals surface area contributed by atoms with Crippen molar-refractivity contribution in [1.82, 2.24) is 0 Å². The van der Waals surface area contributed by atoms with Crippen LogP contribution >= 0.6 is 0 Å². The van der Waals surface area contributed by atoms with Crippen LogP contribution in [0.3, 0.4) is 0 Å². The first kappa shape index (κ1) is 13.3. The van der Waals surface area contributed by atoms with Crippen molar-refractivity contribution < 1.29 is 9.15 Å². The summed E-state index contributed by atoms with van der Waals surface area (Å²) in [5, 5.41) is 0. The number of nitrogens with zero attached hydrogens (tertiary/aromatic N) is 1. The molecule has 0 saturated carbocycles. The Morgan fingerprint density at radius 3 is 2.58 bits per heavy atom. The van der Waals surface area contributed by atoms with E-state index in [9.17, 15) is 0 Å². The number of hydrogen-bond acceptors (Lipinski definition) is 3. The lowest BCUT2D eigenvalue weighted by Crippen LogP contribution is -2.23. The molecule has 0 amide bonds. The Morgan fingerprint density at radius 1 is 1.32 bits per heavy atom. The Morgan fingerprint density at radius 2 is 2.05 bits per heavy atom. The van der Waals surface area contributed by atoms with E-state index in [-0.39, 0.29) is 6.04 Å². The molecule has 0 N–H and O–H groups in total. The summed E-state index contributed by atoms with van der Waals surface area (Å²) in [6.07, 6.45) is 4.46. The maximum absolute atomic E-state index is 5.46. The molecule has 19 heavy (non-hydrogen) atoms. The van der Waals surface area contributed by atoms with Crippen LogP contribution in [-0.4, -0.2) is 14.2 Å². The van der Waals surface area contributed by atoms with Gasteiger partial charge in [-0.3, -0.25) is 0 Å². The first-order chi connectivity index (χ1) is 9.26. The van der Waals surface area contributed by atoms with Gasteiger partial charge in [0, 0.05) is 13.1 Å². The van der Waals surface area contributed by atoms with Gasteiger partial charge < -0.3 is 14.1 Å². The van der Waals surface area contributed by atoms with Crippen LogP contribution < -0.4 is 9.64 Å². The van der Waals surface area contributed by atoms with Gasteiger partial charge in [-0.15, -0.1) is 6.58 Å². The third-order valence-corrected chi connectivity index (χ3v) is 3.21. The monoisotopic (exact) mass is 257 g/mol. The molecule has 0 aliphatic heterocycles. The average molecular weight is 257 g/mol. The van der Waals surface area contributed by atoms with Crippen LogP contribution in [0.2, 0.25) is 0 Å². The SMILES string of the molecule is C=CCC(c1ccc(OC)cc1)N(C)c1ccco1. The van der Waals surface area contributed by atoms with E-state index in [0.29, 0.717) is 0 Å². The first-order valence-electron chi connectivity index (χ1n) is 6.27. The van der Waals surface area contributed by atoms with Crippen molar-refractivity contribution in [2.75, 3.05) is 19.1 Å². The Labute approximate surface area is 114 Å². The van der Waals surface area contributed by atoms with E-state index >= 15 is 0 Å². The molecule has 0 aliphatic rings. The van der Waals surface area contributed by atoms with E-state index in [1.54, 1.807) is 13.4 Å². The van der Waals surface area contributed by atoms with Crippen LogP contribution in [0.5, 0.6) is 5.75 Å². The van der Waals surface area contributed by atoms with E-state index in [1.807, 2.05) is 37.4 Å². The van der Waals surface area contributed by atoms with Gasteiger partial charge in [0.2, 0.25) is 0 Å². The first-order valence-corrected chi connectivity index (χ1v) is 6.27. The summed E-state index contributed by atoms with van der Waals surface area (Å²) in [5.74, 6) is 1.71. The molecule has 0 radical (unpaired) electrons. The Bertz CT molecular complexity index is 502. The number of anilines is 1. The predicted octanol–water partition coefficient (Wildman–Crippen LogP) is 4.04. The van der Waals surface area contributed by atoms with Crippen LogP contribution in [-0.2, 0) is 0 Å². The van der Waals surface area contributed by atoms with Crippen molar-refractivity contribution in [3.8, 4) is 5.75 Å². The molecular formula is C16H19NO2. The van der Waals surface area contributed by atoms with Crippen LogP contribution in [0, 0.1) is 0 Å². The standard InChI is InChI=1S/C16H19NO2/c1-4-6-15(17(2)16-7-5-12-19-16)13-8-10-14(18-3)11-9-13/h4-5,7-12,15H,1,6H2,2-3H3. The highest BCUT2D eigenvalue weighted by Gasteiger charge is 2.17. The molecular weight excluding hydrogens is 238 g/mol. The van der Waals surface area contributed by atoms with E-state index in [2.05, 4.69) is 23.6 Å². The van der Waals surface area contributed by atoms with Crippen molar-refractivity contribution in [3.63, 3.8) is 0 Å². The summed E-state index contributed by atoms with van der Waals surface area (Å²) in [7, 11) is 3.70. The van der Waals surface area contributed by atoms with Gasteiger partial charge in [0.25, 0.3) is 0 Å². The van der Waals surface area contributed by atoms with Crippen molar-refractivity contribution in [1.29, 1.82) is 0 Å². The maximum atomic E-state index is 5.46. The molecule has 0 saturated heterocycles. The number of methoxy groups -OCH3 is 1. The Balaban J connectivity index is 2.25. The zero-order chi connectivity index (χ0) is 13.7. The Kier molecular flexibility index (Phi) is 4.29. The van der Waals surface area contributed by atoms with Crippen LogP contribution in [0.15, 0.2) is 59.7 Å². The number of benzene rings is 1. The van der Waals surface area contributed by atoms with E-state index < -0.39 is 0 Å². The zero-order valence-electron chi connectivity index (χ0n) is 11.4. The summed E-state index contributed by atoms with van der Waals surface area (Å²) in [4.78, 5) is 2.11. The normalized spacial score (nSPS) is 11.9. The molecule has 3 heteroatoms. The molecule has 0 spiro atoms. The molecule has 3 nitrogen and oxygen atoms in total. The molecule has 0 fully saturated rings. The summed E-state index contributed by atoms with van der Waals surface area (Å²) in [6, 6.07) is 12.2. The fourth-order valence-electron chi connectivity index (χ4n) is 2.13. The van der Waals surface area contributed by atoms with Gasteiger partial charge in [0.1, 0.15) is 5.75 Å². The molecule has 1 heterocycles. The van der Waals surface area contributed by atoms with E-state index in [4.69, 9.17) is 9.15 Å². The minimum Gasteiger partial charge on any atom is -0.497 e. The second-order valence-electron chi connectivity index (χ2n) is 4.38. The van der Waals surface area contributed by atoms with Crippen LogP contribution in [0.4, 0.5) is 5.88 Å². The fourth-order valence-corrected chi connectivity index (χ4v) is 2.13.